The first-order valence-corrected chi connectivity index (χ1v) is 8.76. The van der Waals surface area contributed by atoms with Crippen molar-refractivity contribution in [1.29, 1.82) is 0 Å². The Morgan fingerprint density at radius 2 is 1.96 bits per heavy atom. The molecule has 0 bridgehead atoms. The molecular weight excluding hydrogens is 362 g/mol. The minimum atomic E-state index is -0.935. The zero-order valence-electron chi connectivity index (χ0n) is 14.1. The van der Waals surface area contributed by atoms with Crippen molar-refractivity contribution in [2.75, 3.05) is 18.6 Å². The molecule has 0 aromatic heterocycles. The zero-order chi connectivity index (χ0) is 18.4. The molecule has 0 N–H and O–H groups in total. The number of rotatable bonds is 3. The van der Waals surface area contributed by atoms with E-state index < -0.39 is 17.8 Å². The highest BCUT2D eigenvalue weighted by molar-refractivity contribution is 6.31. The van der Waals surface area contributed by atoms with Crippen molar-refractivity contribution in [3.8, 4) is 5.75 Å². The number of ether oxygens (including phenoxy) is 1. The fourth-order valence-corrected chi connectivity index (χ4v) is 4.06. The summed E-state index contributed by atoms with van der Waals surface area (Å²) in [6, 6.07) is 8.50. The van der Waals surface area contributed by atoms with E-state index in [4.69, 9.17) is 16.3 Å². The lowest BCUT2D eigenvalue weighted by molar-refractivity contribution is -0.119. The first-order chi connectivity index (χ1) is 12.5. The number of hydrogen-bond donors (Lipinski definition) is 0. The molecule has 0 spiro atoms. The second-order valence-corrected chi connectivity index (χ2v) is 6.90. The minimum absolute atomic E-state index is 0.0854. The van der Waals surface area contributed by atoms with Gasteiger partial charge in [0.1, 0.15) is 11.9 Å². The number of anilines is 1. The molecule has 136 valence electrons. The number of nitrogens with zero attached hydrogens (tertiary/aromatic N) is 2. The van der Waals surface area contributed by atoms with Crippen molar-refractivity contribution in [1.82, 2.24) is 4.90 Å². The molecule has 2 fully saturated rings. The summed E-state index contributed by atoms with van der Waals surface area (Å²) in [6.07, 6.45) is 1.09. The van der Waals surface area contributed by atoms with Gasteiger partial charge in [-0.05, 0) is 48.7 Å². The Morgan fingerprint density at radius 3 is 2.69 bits per heavy atom. The molecule has 4 rings (SSSR count). The third-order valence-electron chi connectivity index (χ3n) is 5.02. The highest BCUT2D eigenvalue weighted by Gasteiger charge is 2.50. The van der Waals surface area contributed by atoms with Crippen molar-refractivity contribution in [2.24, 2.45) is 0 Å². The van der Waals surface area contributed by atoms with Crippen molar-refractivity contribution in [3.63, 3.8) is 0 Å². The van der Waals surface area contributed by atoms with Gasteiger partial charge in [0.2, 0.25) is 5.91 Å². The van der Waals surface area contributed by atoms with Gasteiger partial charge in [0, 0.05) is 11.6 Å². The van der Waals surface area contributed by atoms with Gasteiger partial charge in [-0.15, -0.1) is 0 Å². The molecule has 0 unspecified atom stereocenters. The number of carbonyl (C=O) groups is 1. The van der Waals surface area contributed by atoms with Crippen LogP contribution in [0.1, 0.15) is 24.6 Å². The van der Waals surface area contributed by atoms with Crippen molar-refractivity contribution in [3.05, 3.63) is 58.6 Å². The Hall–Kier alpha value is -2.18. The largest absolute Gasteiger partial charge is 0.495 e. The van der Waals surface area contributed by atoms with Gasteiger partial charge in [-0.3, -0.25) is 14.6 Å². The Morgan fingerprint density at radius 1 is 1.15 bits per heavy atom. The number of amides is 1. The average Bonchev–Trinajstić information content (AvgIpc) is 3.19. The second kappa shape index (κ2) is 6.52. The van der Waals surface area contributed by atoms with Crippen molar-refractivity contribution in [2.45, 2.75) is 25.0 Å². The predicted octanol–water partition coefficient (Wildman–Crippen LogP) is 4.14. The molecule has 2 aromatic carbocycles. The van der Waals surface area contributed by atoms with Gasteiger partial charge in [0.15, 0.2) is 11.6 Å². The summed E-state index contributed by atoms with van der Waals surface area (Å²) in [5.74, 6) is -1.44. The number of carbonyl (C=O) groups excluding carboxylic acids is 1. The molecule has 2 aliphatic heterocycles. The van der Waals surface area contributed by atoms with Gasteiger partial charge >= 0.3 is 0 Å². The van der Waals surface area contributed by atoms with E-state index in [0.717, 1.165) is 25.0 Å². The van der Waals surface area contributed by atoms with E-state index in [0.29, 0.717) is 28.6 Å². The minimum Gasteiger partial charge on any atom is -0.495 e. The normalized spacial score (nSPS) is 22.8. The Kier molecular flexibility index (Phi) is 4.32. The molecule has 26 heavy (non-hydrogen) atoms. The van der Waals surface area contributed by atoms with Gasteiger partial charge in [-0.25, -0.2) is 8.78 Å². The van der Waals surface area contributed by atoms with E-state index in [-0.39, 0.29) is 11.9 Å². The quantitative estimate of drug-likeness (QED) is 0.804. The van der Waals surface area contributed by atoms with Gasteiger partial charge in [0.25, 0.3) is 0 Å². The lowest BCUT2D eigenvalue weighted by Gasteiger charge is -2.30. The molecular formula is C19H17ClF2N2O2. The molecule has 1 amide bonds. The van der Waals surface area contributed by atoms with Crippen LogP contribution in [0, 0.1) is 11.6 Å². The fraction of sp³-hybridized carbons (Fsp3) is 0.316. The van der Waals surface area contributed by atoms with Crippen LogP contribution in [0.5, 0.6) is 5.75 Å². The van der Waals surface area contributed by atoms with Crippen LogP contribution in [-0.2, 0) is 4.79 Å². The maximum absolute atomic E-state index is 13.9. The summed E-state index contributed by atoms with van der Waals surface area (Å²) < 4.78 is 32.7. The number of hydrogen-bond acceptors (Lipinski definition) is 3. The van der Waals surface area contributed by atoms with Crippen LogP contribution in [0.15, 0.2) is 36.4 Å². The number of methoxy groups -OCH3 is 1. The highest BCUT2D eigenvalue weighted by atomic mass is 35.5. The lowest BCUT2D eigenvalue weighted by Crippen LogP contribution is -2.32. The highest BCUT2D eigenvalue weighted by Crippen LogP contribution is 2.45. The first kappa shape index (κ1) is 17.2. The van der Waals surface area contributed by atoms with Crippen LogP contribution < -0.4 is 9.64 Å². The SMILES string of the molecule is COc1ccc(Cl)cc1N1C(=O)[C@@H]2CCCN2[C@H]1c1ccc(F)c(F)c1. The average molecular weight is 379 g/mol. The van der Waals surface area contributed by atoms with E-state index in [1.165, 1.54) is 13.2 Å². The van der Waals surface area contributed by atoms with Crippen LogP contribution in [0.2, 0.25) is 5.02 Å². The predicted molar refractivity (Wildman–Crippen MR) is 94.3 cm³/mol. The Bertz CT molecular complexity index is 877. The molecule has 2 heterocycles. The molecule has 2 atom stereocenters. The van der Waals surface area contributed by atoms with Gasteiger partial charge in [0.05, 0.1) is 18.8 Å². The van der Waals surface area contributed by atoms with Crippen LogP contribution in [-0.4, -0.2) is 30.5 Å². The van der Waals surface area contributed by atoms with Gasteiger partial charge in [-0.2, -0.15) is 0 Å². The van der Waals surface area contributed by atoms with Crippen molar-refractivity contribution < 1.29 is 18.3 Å². The van der Waals surface area contributed by atoms with Crippen molar-refractivity contribution >= 4 is 23.2 Å². The van der Waals surface area contributed by atoms with E-state index in [1.54, 1.807) is 23.1 Å². The molecule has 2 aliphatic rings. The van der Waals surface area contributed by atoms with Gasteiger partial charge in [-0.1, -0.05) is 17.7 Å². The zero-order valence-corrected chi connectivity index (χ0v) is 14.8. The molecule has 0 aliphatic carbocycles. The maximum atomic E-state index is 13.9. The third-order valence-corrected chi connectivity index (χ3v) is 5.25. The Labute approximate surface area is 154 Å². The first-order valence-electron chi connectivity index (χ1n) is 8.38. The summed E-state index contributed by atoms with van der Waals surface area (Å²) in [7, 11) is 1.51. The molecule has 0 saturated carbocycles. The summed E-state index contributed by atoms with van der Waals surface area (Å²) in [6.45, 7) is 0.708. The standard InChI is InChI=1S/C19H17ClF2N2O2/c1-26-17-7-5-12(20)10-16(17)24-18(11-4-6-13(21)14(22)9-11)23-8-2-3-15(23)19(24)25/h4-7,9-10,15,18H,2-3,8H2,1H3/t15-,18+/m0/s1. The number of fused-ring (bicyclic) bond motifs is 1. The topological polar surface area (TPSA) is 32.8 Å². The van der Waals surface area contributed by atoms with Crippen LogP contribution in [0.4, 0.5) is 14.5 Å². The smallest absolute Gasteiger partial charge is 0.246 e. The Balaban J connectivity index is 1.87. The summed E-state index contributed by atoms with van der Waals surface area (Å²) >= 11 is 6.14. The monoisotopic (exact) mass is 378 g/mol. The molecule has 4 nitrogen and oxygen atoms in total. The van der Waals surface area contributed by atoms with Crippen LogP contribution >= 0.6 is 11.6 Å². The second-order valence-electron chi connectivity index (χ2n) is 6.47. The number of benzene rings is 2. The van der Waals surface area contributed by atoms with Gasteiger partial charge < -0.3 is 4.74 Å². The lowest BCUT2D eigenvalue weighted by atomic mass is 10.1. The maximum Gasteiger partial charge on any atom is 0.246 e. The number of halogens is 3. The van der Waals surface area contributed by atoms with Crippen LogP contribution in [0.25, 0.3) is 0 Å². The van der Waals surface area contributed by atoms with E-state index in [1.807, 2.05) is 4.90 Å². The molecule has 2 saturated heterocycles. The summed E-state index contributed by atoms with van der Waals surface area (Å²) in [4.78, 5) is 16.7. The summed E-state index contributed by atoms with van der Waals surface area (Å²) in [5, 5.41) is 0.463. The van der Waals surface area contributed by atoms with E-state index >= 15 is 0 Å². The molecule has 0 radical (unpaired) electrons. The van der Waals surface area contributed by atoms with Crippen LogP contribution in [0.3, 0.4) is 0 Å². The molecule has 2 aromatic rings. The molecule has 7 heteroatoms. The van der Waals surface area contributed by atoms with E-state index in [9.17, 15) is 13.6 Å². The summed E-state index contributed by atoms with van der Waals surface area (Å²) in [5.41, 5.74) is 1.04. The van der Waals surface area contributed by atoms with E-state index in [2.05, 4.69) is 0 Å². The fourth-order valence-electron chi connectivity index (χ4n) is 3.89. The third kappa shape index (κ3) is 2.64.